The summed E-state index contributed by atoms with van der Waals surface area (Å²) in [4.78, 5) is 12.5. The number of nitrogens with two attached hydrogens (primary N) is 1. The van der Waals surface area contributed by atoms with Crippen molar-refractivity contribution in [1.82, 2.24) is 0 Å². The van der Waals surface area contributed by atoms with Gasteiger partial charge >= 0.3 is 25.1 Å². The van der Waals surface area contributed by atoms with Gasteiger partial charge in [-0.2, -0.15) is 35.1 Å². The van der Waals surface area contributed by atoms with Crippen LogP contribution in [0, 0.1) is 23.3 Å². The van der Waals surface area contributed by atoms with E-state index in [4.69, 9.17) is 14.7 Å². The maximum atomic E-state index is 13.8. The molecule has 0 spiro atoms. The molecular weight excluding hydrogens is 836 g/mol. The van der Waals surface area contributed by atoms with Gasteiger partial charge in [0, 0.05) is 34.4 Å². The average molecular weight is 869 g/mol. The van der Waals surface area contributed by atoms with Gasteiger partial charge in [0.05, 0.1) is 12.2 Å². The Hall–Kier alpha value is -5.41. The Morgan fingerprint density at radius 1 is 0.603 bits per heavy atom. The summed E-state index contributed by atoms with van der Waals surface area (Å²) >= 11 is 0. The minimum absolute atomic E-state index is 0. The summed E-state index contributed by atoms with van der Waals surface area (Å²) in [6, 6.07) is 10.3. The van der Waals surface area contributed by atoms with Gasteiger partial charge in [-0.3, -0.25) is 4.79 Å². The summed E-state index contributed by atoms with van der Waals surface area (Å²) in [6.45, 7) is 6.56. The molecule has 4 aromatic carbocycles. The molecule has 4 aromatic rings. The van der Waals surface area contributed by atoms with E-state index in [0.29, 0.717) is 24.3 Å². The van der Waals surface area contributed by atoms with E-state index in [-0.39, 0.29) is 52.4 Å². The molecule has 4 N–H and O–H groups in total. The normalized spacial score (nSPS) is 11.7. The Morgan fingerprint density at radius 3 is 1.38 bits per heavy atom. The van der Waals surface area contributed by atoms with Crippen molar-refractivity contribution in [2.75, 3.05) is 0 Å². The van der Waals surface area contributed by atoms with Gasteiger partial charge in [0.15, 0.2) is 28.9 Å². The van der Waals surface area contributed by atoms with Gasteiger partial charge in [-0.15, -0.1) is 12.4 Å². The molecule has 22 heteroatoms. The highest BCUT2D eigenvalue weighted by Gasteiger charge is 2.45. The van der Waals surface area contributed by atoms with E-state index in [1.807, 2.05) is 0 Å². The fraction of sp³-hybridized carbons (Fsp3) is 0.278. The maximum absolute atomic E-state index is 13.8. The second-order valence-electron chi connectivity index (χ2n) is 11.7. The lowest BCUT2D eigenvalue weighted by Crippen LogP contribution is -2.33. The Balaban J connectivity index is 0.000000547. The van der Waals surface area contributed by atoms with Gasteiger partial charge in [0.2, 0.25) is 0 Å². The van der Waals surface area contributed by atoms with E-state index >= 15 is 0 Å². The lowest BCUT2D eigenvalue weighted by atomic mass is 10.0. The number of carbonyl (C=O) groups is 1. The largest absolute Gasteiger partial charge is 0.488 e. The molecule has 4 rings (SSSR count). The third-order valence-electron chi connectivity index (χ3n) is 6.52. The SMILES string of the molecule is CC(C)Oc1cc(C(=NO)c2cc(F)cc(OC(F)(F)C(F)F)c2)ccc1F.CC(C)Oc1cc(C(=O)c2cc(F)cc(OC(F)(F)C(F)F)c2)ccc1F.Cl.NO. The third-order valence-corrected chi connectivity index (χ3v) is 6.52. The zero-order valence-corrected chi connectivity index (χ0v) is 31.0. The number of hydrogen-bond acceptors (Lipinski definition) is 9. The smallest absolute Gasteiger partial charge is 0.461 e. The molecule has 0 aliphatic carbocycles. The van der Waals surface area contributed by atoms with Crippen molar-refractivity contribution in [3.63, 3.8) is 0 Å². The van der Waals surface area contributed by atoms with Crippen molar-refractivity contribution in [3.8, 4) is 23.0 Å². The number of benzene rings is 4. The average Bonchev–Trinajstić information content (AvgIpc) is 3.10. The fourth-order valence-electron chi connectivity index (χ4n) is 4.35. The monoisotopic (exact) mass is 868 g/mol. The van der Waals surface area contributed by atoms with Crippen LogP contribution in [0.2, 0.25) is 0 Å². The number of hydrogen-bond donors (Lipinski definition) is 3. The first-order valence-corrected chi connectivity index (χ1v) is 15.8. The third kappa shape index (κ3) is 14.5. The second-order valence-corrected chi connectivity index (χ2v) is 11.7. The number of oxime groups is 1. The Kier molecular flexibility index (Phi) is 19.1. The van der Waals surface area contributed by atoms with Gasteiger partial charge in [0.1, 0.15) is 28.8 Å². The van der Waals surface area contributed by atoms with Crippen molar-refractivity contribution in [3.05, 3.63) is 118 Å². The molecule has 9 nitrogen and oxygen atoms in total. The molecule has 0 unspecified atom stereocenters. The minimum atomic E-state index is -4.86. The fourth-order valence-corrected chi connectivity index (χ4v) is 4.35. The summed E-state index contributed by atoms with van der Waals surface area (Å²) < 4.78 is 174. The first-order valence-electron chi connectivity index (χ1n) is 15.8. The van der Waals surface area contributed by atoms with E-state index in [1.54, 1.807) is 27.7 Å². The first kappa shape index (κ1) is 50.6. The molecule has 0 aromatic heterocycles. The molecule has 0 bridgehead atoms. The molecule has 0 atom stereocenters. The molecule has 0 fully saturated rings. The molecule has 0 saturated carbocycles. The molecule has 0 amide bonds. The van der Waals surface area contributed by atoms with Crippen LogP contribution in [0.25, 0.3) is 0 Å². The number of carbonyl (C=O) groups excluding carboxylic acids is 1. The molecule has 0 aliphatic rings. The van der Waals surface area contributed by atoms with Crippen LogP contribution in [0.4, 0.5) is 52.7 Å². The van der Waals surface area contributed by atoms with Crippen LogP contribution in [0.15, 0.2) is 78.0 Å². The number of rotatable bonds is 14. The van der Waals surface area contributed by atoms with Crippen LogP contribution >= 0.6 is 12.4 Å². The Labute approximate surface area is 327 Å². The topological polar surface area (TPSA) is 133 Å². The van der Waals surface area contributed by atoms with Crippen LogP contribution in [-0.2, 0) is 0 Å². The lowest BCUT2D eigenvalue weighted by molar-refractivity contribution is -0.253. The molecule has 0 saturated heterocycles. The molecule has 0 heterocycles. The number of ether oxygens (including phenoxy) is 4. The van der Waals surface area contributed by atoms with Crippen molar-refractivity contribution in [1.29, 1.82) is 0 Å². The van der Waals surface area contributed by atoms with Crippen molar-refractivity contribution >= 4 is 23.9 Å². The van der Waals surface area contributed by atoms with Gasteiger partial charge in [0.25, 0.3) is 0 Å². The molecule has 320 valence electrons. The Morgan fingerprint density at radius 2 is 0.983 bits per heavy atom. The highest BCUT2D eigenvalue weighted by atomic mass is 35.5. The van der Waals surface area contributed by atoms with Crippen molar-refractivity contribution in [2.45, 2.75) is 65.0 Å². The zero-order chi connectivity index (χ0) is 43.4. The summed E-state index contributed by atoms with van der Waals surface area (Å²) in [5.41, 5.74) is -1.14. The van der Waals surface area contributed by atoms with E-state index in [0.717, 1.165) is 42.5 Å². The summed E-state index contributed by atoms with van der Waals surface area (Å²) in [7, 11) is 0. The minimum Gasteiger partial charge on any atom is -0.488 e. The van der Waals surface area contributed by atoms with Gasteiger partial charge < -0.3 is 29.4 Å². The van der Waals surface area contributed by atoms with Gasteiger partial charge in [-0.25, -0.2) is 23.5 Å². The summed E-state index contributed by atoms with van der Waals surface area (Å²) in [5.74, 6) is -3.37. The quantitative estimate of drug-likeness (QED) is 0.0375. The van der Waals surface area contributed by atoms with Crippen LogP contribution in [0.3, 0.4) is 0 Å². The molecule has 58 heavy (non-hydrogen) atoms. The zero-order valence-electron chi connectivity index (χ0n) is 30.1. The molecular formula is C36H33ClF12N2O7. The number of nitrogens with zero attached hydrogens (tertiary/aromatic N) is 1. The van der Waals surface area contributed by atoms with E-state index < -0.39 is 77.3 Å². The van der Waals surface area contributed by atoms with E-state index in [9.17, 15) is 62.7 Å². The van der Waals surface area contributed by atoms with Gasteiger partial charge in [-0.05, 0) is 88.4 Å². The summed E-state index contributed by atoms with van der Waals surface area (Å²) in [5, 5.41) is 18.8. The van der Waals surface area contributed by atoms with Crippen LogP contribution in [0.1, 0.15) is 54.7 Å². The number of alkyl halides is 8. The maximum Gasteiger partial charge on any atom is 0.461 e. The first-order chi connectivity index (χ1) is 26.5. The van der Waals surface area contributed by atoms with Crippen LogP contribution in [0.5, 0.6) is 23.0 Å². The van der Waals surface area contributed by atoms with Gasteiger partial charge in [-0.1, -0.05) is 5.16 Å². The van der Waals surface area contributed by atoms with Crippen LogP contribution < -0.4 is 24.8 Å². The van der Waals surface area contributed by atoms with Crippen LogP contribution in [-0.4, -0.2) is 59.2 Å². The highest BCUT2D eigenvalue weighted by molar-refractivity contribution is 6.13. The lowest BCUT2D eigenvalue weighted by Gasteiger charge is -2.17. The van der Waals surface area contributed by atoms with E-state index in [1.165, 1.54) is 6.07 Å². The van der Waals surface area contributed by atoms with Crippen molar-refractivity contribution < 1.29 is 86.8 Å². The molecule has 0 radical (unpaired) electrons. The Bertz CT molecular complexity index is 2000. The highest BCUT2D eigenvalue weighted by Crippen LogP contribution is 2.32. The standard InChI is InChI=1S/C18H15F6NO3.C18H14F6O3.ClH.H3NO/c1-9(2)27-15-7-10(3-4-14(15)20)16(25-26)11-5-12(19)8-13(6-11)28-18(23,24)17(21)22;1-9(2)26-15-7-10(3-4-14(15)20)16(25)11-5-12(19)8-13(6-11)27-18(23,24)17(21)22;;1-2/h3-9,17,26H,1-2H3;3-9,17H,1-2H3;1H;2H,1H2. The van der Waals surface area contributed by atoms with Crippen molar-refractivity contribution in [2.24, 2.45) is 11.1 Å². The van der Waals surface area contributed by atoms with E-state index in [2.05, 4.69) is 20.5 Å². The summed E-state index contributed by atoms with van der Waals surface area (Å²) in [6.07, 6.45) is -18.8. The predicted molar refractivity (Wildman–Crippen MR) is 184 cm³/mol. The predicted octanol–water partition coefficient (Wildman–Crippen LogP) is 10.2. The molecule has 0 aliphatic heterocycles. The number of halogens is 13. The number of ketones is 1. The second kappa shape index (κ2) is 21.9.